The van der Waals surface area contributed by atoms with Gasteiger partial charge in [0.05, 0.1) is 18.2 Å². The van der Waals surface area contributed by atoms with E-state index in [1.54, 1.807) is 85.1 Å². The molecule has 3 heterocycles. The molecule has 0 radical (unpaired) electrons. The molecule has 80 heavy (non-hydrogen) atoms. The minimum absolute atomic E-state index is 0.0280. The zero-order chi connectivity index (χ0) is 56.7. The normalized spacial score (nSPS) is 13.7. The van der Waals surface area contributed by atoms with Crippen LogP contribution in [0.15, 0.2) is 134 Å². The average molecular weight is 1100 g/mol. The Balaban J connectivity index is 0.736. The highest BCUT2D eigenvalue weighted by Crippen LogP contribution is 2.57. The zero-order valence-electron chi connectivity index (χ0n) is 42.4. The van der Waals surface area contributed by atoms with E-state index in [2.05, 4.69) is 36.9 Å². The third-order valence-electron chi connectivity index (χ3n) is 13.5. The predicted molar refractivity (Wildman–Crippen MR) is 294 cm³/mol. The van der Waals surface area contributed by atoms with E-state index in [0.717, 1.165) is 11.1 Å². The summed E-state index contributed by atoms with van der Waals surface area (Å²) in [5.41, 5.74) is 10.4. The van der Waals surface area contributed by atoms with Crippen molar-refractivity contribution in [1.82, 2.24) is 36.3 Å². The second-order valence-corrected chi connectivity index (χ2v) is 19.4. The Morgan fingerprint density at radius 3 is 2.02 bits per heavy atom. The van der Waals surface area contributed by atoms with E-state index in [1.165, 1.54) is 28.9 Å². The summed E-state index contributed by atoms with van der Waals surface area (Å²) in [7, 11) is 0. The lowest BCUT2D eigenvalue weighted by molar-refractivity contribution is -0.144. The summed E-state index contributed by atoms with van der Waals surface area (Å²) in [6.45, 7) is 0.0579. The number of fused-ring (bicyclic) bond motifs is 6. The lowest BCUT2D eigenvalue weighted by Gasteiger charge is -2.36. The van der Waals surface area contributed by atoms with Gasteiger partial charge in [0.1, 0.15) is 52.6 Å². The van der Waals surface area contributed by atoms with Crippen molar-refractivity contribution < 1.29 is 63.8 Å². The fourth-order valence-corrected chi connectivity index (χ4v) is 9.72. The van der Waals surface area contributed by atoms with Gasteiger partial charge in [-0.05, 0) is 97.2 Å². The van der Waals surface area contributed by atoms with Gasteiger partial charge < -0.3 is 67.3 Å². The SMILES string of the molecule is Nc1ccc(-c2cn([C@@H](Cc3ccc(-c4ccccc4O)cc3)C(=O)NCCC(=O)N[C@H](CC(=O)N[C@H](CCCCNC(=S)Nc3ccc4c(c3)C(=O)OC43c4ccc(O)cc4Oc4cc(O)ccc43)C(=O)O)C(=O)O)nn2)cc1. The van der Waals surface area contributed by atoms with Gasteiger partial charge in [0, 0.05) is 77.3 Å². The van der Waals surface area contributed by atoms with Gasteiger partial charge >= 0.3 is 17.9 Å². The van der Waals surface area contributed by atoms with Crippen molar-refractivity contribution in [3.05, 3.63) is 161 Å². The van der Waals surface area contributed by atoms with Crippen molar-refractivity contribution in [3.63, 3.8) is 0 Å². The van der Waals surface area contributed by atoms with Crippen molar-refractivity contribution in [2.24, 2.45) is 0 Å². The number of nitrogen functional groups attached to an aromatic ring is 1. The highest BCUT2D eigenvalue weighted by molar-refractivity contribution is 7.80. The number of hydrogen-bond acceptors (Lipinski definition) is 15. The van der Waals surface area contributed by atoms with Crippen molar-refractivity contribution in [2.45, 2.75) is 62.3 Å². The number of unbranched alkanes of at least 4 members (excludes halogenated alkanes) is 1. The first-order valence-corrected chi connectivity index (χ1v) is 25.6. The van der Waals surface area contributed by atoms with Crippen LogP contribution in [0.25, 0.3) is 22.4 Å². The number of benzene rings is 6. The number of carbonyl (C=O) groups is 6. The predicted octanol–water partition coefficient (Wildman–Crippen LogP) is 5.86. The van der Waals surface area contributed by atoms with E-state index in [4.69, 9.17) is 27.4 Å². The summed E-state index contributed by atoms with van der Waals surface area (Å²) in [6, 6.07) is 30.9. The third-order valence-corrected chi connectivity index (χ3v) is 13.7. The van der Waals surface area contributed by atoms with Gasteiger partial charge in [-0.15, -0.1) is 5.10 Å². The van der Waals surface area contributed by atoms with Crippen LogP contribution in [0.1, 0.15) is 70.8 Å². The first-order valence-electron chi connectivity index (χ1n) is 25.2. The number of nitrogens with two attached hydrogens (primary N) is 1. The molecule has 1 aromatic heterocycles. The largest absolute Gasteiger partial charge is 0.508 e. The number of para-hydroxylation sites is 1. The van der Waals surface area contributed by atoms with Crippen molar-refractivity contribution in [2.75, 3.05) is 24.1 Å². The number of nitrogens with one attached hydrogen (secondary N) is 5. The van der Waals surface area contributed by atoms with Crippen LogP contribution in [0.5, 0.6) is 28.7 Å². The second-order valence-electron chi connectivity index (χ2n) is 19.0. The quantitative estimate of drug-likeness (QED) is 0.0174. The monoisotopic (exact) mass is 1100 g/mol. The van der Waals surface area contributed by atoms with Crippen LogP contribution < -0.4 is 37.1 Å². The number of carboxylic acids is 2. The fraction of sp³-hybridized carbons (Fsp3) is 0.211. The summed E-state index contributed by atoms with van der Waals surface area (Å²) in [6.07, 6.45) is 1.26. The number of hydrogen-bond donors (Lipinski definition) is 11. The number of rotatable bonds is 21. The van der Waals surface area contributed by atoms with Crippen LogP contribution in [0.3, 0.4) is 0 Å². The summed E-state index contributed by atoms with van der Waals surface area (Å²) in [4.78, 5) is 77.8. The third kappa shape index (κ3) is 12.2. The lowest BCUT2D eigenvalue weighted by Crippen LogP contribution is -2.48. The summed E-state index contributed by atoms with van der Waals surface area (Å²) >= 11 is 5.49. The van der Waals surface area contributed by atoms with Crippen LogP contribution in [0.4, 0.5) is 11.4 Å². The lowest BCUT2D eigenvalue weighted by atomic mass is 9.77. The molecule has 2 aliphatic rings. The van der Waals surface area contributed by atoms with Crippen LogP contribution in [0.2, 0.25) is 0 Å². The highest BCUT2D eigenvalue weighted by Gasteiger charge is 2.53. The van der Waals surface area contributed by atoms with Crippen LogP contribution in [-0.4, -0.2) is 106 Å². The van der Waals surface area contributed by atoms with E-state index in [-0.39, 0.29) is 71.8 Å². The molecule has 0 aliphatic carbocycles. The number of amides is 3. The number of carbonyl (C=O) groups excluding carboxylic acids is 4. The van der Waals surface area contributed by atoms with Gasteiger partial charge in [0.25, 0.3) is 0 Å². The van der Waals surface area contributed by atoms with E-state index < -0.39 is 65.8 Å². The fourth-order valence-electron chi connectivity index (χ4n) is 9.50. The molecular weight excluding hydrogens is 1050 g/mol. The molecule has 2 aliphatic heterocycles. The van der Waals surface area contributed by atoms with Crippen molar-refractivity contribution in [1.29, 1.82) is 0 Å². The Morgan fingerprint density at radius 1 is 0.700 bits per heavy atom. The minimum Gasteiger partial charge on any atom is -0.508 e. The minimum atomic E-state index is -1.72. The van der Waals surface area contributed by atoms with Gasteiger partial charge in [-0.25, -0.2) is 19.1 Å². The number of nitrogens with zero attached hydrogens (tertiary/aromatic N) is 3. The molecular formula is C57H53N9O13S. The number of aromatic nitrogens is 3. The Bertz CT molecular complexity index is 3490. The van der Waals surface area contributed by atoms with Crippen LogP contribution in [0, 0.1) is 0 Å². The zero-order valence-corrected chi connectivity index (χ0v) is 43.2. The first kappa shape index (κ1) is 54.7. The standard InChI is InChI=1S/C57H53N9O13S/c58-34-14-12-33(13-15-34)45-30-66(65-64-45)46(25-31-8-10-32(11-9-31)38-5-1-2-7-47(38)69)52(72)59-24-22-50(70)63-44(54(75)76)29-51(71)62-43(53(73)74)6-3-4-23-60-56(80)61-35-16-19-40-39(26-35)55(77)79-57(40)41-20-17-36(67)27-48(41)78-49-28-37(68)18-21-42(49)57/h1-2,5,7-21,26-28,30,43-44,46,67-69H,3-4,6,22-25,29,58H2,(H,59,72)(H,62,71)(H,63,70)(H,73,74)(H,75,76)(H2,60,61,80)/t43-,44-,46+/m1/s1. The maximum atomic E-state index is 13.8. The number of aromatic hydroxyl groups is 3. The Kier molecular flexibility index (Phi) is 16.2. The molecule has 3 amide bonds. The molecule has 23 heteroatoms. The summed E-state index contributed by atoms with van der Waals surface area (Å²) in [5.74, 6) is -5.34. The molecule has 0 fully saturated rings. The molecule has 3 atom stereocenters. The maximum Gasteiger partial charge on any atom is 0.340 e. The van der Waals surface area contributed by atoms with Crippen LogP contribution in [-0.2, 0) is 40.7 Å². The van der Waals surface area contributed by atoms with E-state index >= 15 is 0 Å². The number of thiocarbonyl (C=S) groups is 1. The van der Waals surface area contributed by atoms with Crippen molar-refractivity contribution >= 4 is 64.3 Å². The Morgan fingerprint density at radius 2 is 1.35 bits per heavy atom. The number of anilines is 2. The molecule has 0 saturated heterocycles. The number of carboxylic acid groups (broad SMARTS) is 2. The molecule has 12 N–H and O–H groups in total. The molecule has 9 rings (SSSR count). The Labute approximate surface area is 461 Å². The van der Waals surface area contributed by atoms with E-state index in [0.29, 0.717) is 57.7 Å². The Hall–Kier alpha value is -10.0. The molecule has 7 aromatic rings. The van der Waals surface area contributed by atoms with Crippen molar-refractivity contribution in [3.8, 4) is 51.1 Å². The number of aliphatic carboxylic acids is 2. The highest BCUT2D eigenvalue weighted by atomic mass is 32.1. The molecule has 410 valence electrons. The number of esters is 1. The number of phenols is 3. The molecule has 6 aromatic carbocycles. The molecule has 0 bridgehead atoms. The van der Waals surface area contributed by atoms with Gasteiger partial charge in [-0.1, -0.05) is 65.9 Å². The second kappa shape index (κ2) is 23.7. The number of phenolic OH excluding ortho intramolecular Hbond substituents is 3. The van der Waals surface area contributed by atoms with Gasteiger partial charge in [-0.2, -0.15) is 0 Å². The molecule has 22 nitrogen and oxygen atoms in total. The van der Waals surface area contributed by atoms with Gasteiger partial charge in [-0.3, -0.25) is 14.4 Å². The maximum absolute atomic E-state index is 13.8. The average Bonchev–Trinajstić information content (AvgIpc) is 4.08. The molecule has 0 saturated carbocycles. The topological polar surface area (TPSA) is 339 Å². The van der Waals surface area contributed by atoms with Gasteiger partial charge in [0.15, 0.2) is 10.7 Å². The summed E-state index contributed by atoms with van der Waals surface area (Å²) < 4.78 is 13.5. The van der Waals surface area contributed by atoms with Crippen LogP contribution >= 0.6 is 12.2 Å². The van der Waals surface area contributed by atoms with E-state index in [9.17, 15) is 54.3 Å². The molecule has 1 spiro atoms. The smallest absolute Gasteiger partial charge is 0.340 e. The number of ether oxygens (including phenoxy) is 2. The molecule has 0 unspecified atom stereocenters. The van der Waals surface area contributed by atoms with E-state index in [1.807, 2.05) is 24.3 Å². The first-order chi connectivity index (χ1) is 38.4. The summed E-state index contributed by atoms with van der Waals surface area (Å²) in [5, 5.41) is 72.6. The van der Waals surface area contributed by atoms with Gasteiger partial charge in [0.2, 0.25) is 17.7 Å².